The fraction of sp³-hybridized carbons (Fsp3) is 0.538. The molecule has 2 rings (SSSR count). The number of halogens is 2. The molecule has 17 heavy (non-hydrogen) atoms. The van der Waals surface area contributed by atoms with E-state index in [1.54, 1.807) is 18.2 Å². The largest absolute Gasteiger partial charge is 0.376 e. The molecule has 4 heteroatoms. The molecule has 0 aliphatic carbocycles. The van der Waals surface area contributed by atoms with E-state index < -0.39 is 0 Å². The lowest BCUT2D eigenvalue weighted by molar-refractivity contribution is 0.0747. The van der Waals surface area contributed by atoms with Crippen LogP contribution in [0.3, 0.4) is 0 Å². The Labute approximate surface area is 106 Å². The average Bonchev–Trinajstić information content (AvgIpc) is 2.36. The van der Waals surface area contributed by atoms with E-state index in [2.05, 4.69) is 5.32 Å². The monoisotopic (exact) mass is 257 g/mol. The van der Waals surface area contributed by atoms with E-state index in [0.717, 1.165) is 25.9 Å². The van der Waals surface area contributed by atoms with Crippen LogP contribution >= 0.6 is 11.6 Å². The zero-order chi connectivity index (χ0) is 12.1. The second kappa shape index (κ2) is 6.34. The Kier molecular flexibility index (Phi) is 4.77. The smallest absolute Gasteiger partial charge is 0.147 e. The highest BCUT2D eigenvalue weighted by Gasteiger charge is 2.13. The van der Waals surface area contributed by atoms with Gasteiger partial charge in [-0.15, -0.1) is 0 Å². The average molecular weight is 258 g/mol. The van der Waals surface area contributed by atoms with Crippen LogP contribution in [0.25, 0.3) is 0 Å². The molecule has 0 aromatic heterocycles. The Hall–Kier alpha value is -0.640. The molecule has 2 nitrogen and oxygen atoms in total. The fourth-order valence-corrected chi connectivity index (χ4v) is 2.24. The van der Waals surface area contributed by atoms with Crippen molar-refractivity contribution in [2.24, 2.45) is 5.92 Å². The molecule has 1 aliphatic rings. The van der Waals surface area contributed by atoms with Crippen molar-refractivity contribution in [1.82, 2.24) is 5.32 Å². The van der Waals surface area contributed by atoms with Crippen LogP contribution in [0, 0.1) is 11.7 Å². The van der Waals surface area contributed by atoms with Crippen molar-refractivity contribution in [1.29, 1.82) is 0 Å². The molecule has 1 fully saturated rings. The van der Waals surface area contributed by atoms with Crippen molar-refractivity contribution in [3.05, 3.63) is 34.6 Å². The Morgan fingerprint density at radius 3 is 2.88 bits per heavy atom. The van der Waals surface area contributed by atoms with Gasteiger partial charge in [-0.3, -0.25) is 0 Å². The van der Waals surface area contributed by atoms with Crippen LogP contribution in [0.4, 0.5) is 4.39 Å². The zero-order valence-electron chi connectivity index (χ0n) is 9.72. The number of hydrogen-bond acceptors (Lipinski definition) is 2. The van der Waals surface area contributed by atoms with Crippen LogP contribution < -0.4 is 5.32 Å². The minimum absolute atomic E-state index is 0.160. The summed E-state index contributed by atoms with van der Waals surface area (Å²) in [5.74, 6) is 0.234. The van der Waals surface area contributed by atoms with Gasteiger partial charge in [0.2, 0.25) is 0 Å². The highest BCUT2D eigenvalue weighted by molar-refractivity contribution is 6.30. The third-order valence-corrected chi connectivity index (χ3v) is 3.39. The first-order valence-electron chi connectivity index (χ1n) is 5.98. The van der Waals surface area contributed by atoms with Crippen LogP contribution in [0.2, 0.25) is 5.02 Å². The normalized spacial score (nSPS) is 17.3. The summed E-state index contributed by atoms with van der Waals surface area (Å²) < 4.78 is 19.1. The van der Waals surface area contributed by atoms with E-state index in [4.69, 9.17) is 16.3 Å². The molecule has 1 aromatic rings. The van der Waals surface area contributed by atoms with E-state index in [1.165, 1.54) is 0 Å². The van der Waals surface area contributed by atoms with E-state index in [-0.39, 0.29) is 10.8 Å². The molecule has 1 N–H and O–H groups in total. The lowest BCUT2D eigenvalue weighted by Gasteiger charge is -2.22. The van der Waals surface area contributed by atoms with Crippen LogP contribution in [-0.4, -0.2) is 19.7 Å². The molecule has 0 amide bonds. The third-order valence-electron chi connectivity index (χ3n) is 3.10. The molecular weight excluding hydrogens is 241 g/mol. The van der Waals surface area contributed by atoms with Gasteiger partial charge in [-0.25, -0.2) is 4.39 Å². The molecule has 0 spiro atoms. The molecule has 0 unspecified atom stereocenters. The van der Waals surface area contributed by atoms with E-state index in [1.807, 2.05) is 0 Å². The van der Waals surface area contributed by atoms with Gasteiger partial charge in [0.1, 0.15) is 5.82 Å². The fourth-order valence-electron chi connectivity index (χ4n) is 2.04. The summed E-state index contributed by atoms with van der Waals surface area (Å²) in [4.78, 5) is 0. The maximum atomic E-state index is 13.5. The van der Waals surface area contributed by atoms with Crippen molar-refractivity contribution in [3.8, 4) is 0 Å². The number of nitrogens with one attached hydrogen (secondary N) is 1. The molecule has 0 bridgehead atoms. The van der Waals surface area contributed by atoms with Crippen molar-refractivity contribution in [3.63, 3.8) is 0 Å². The van der Waals surface area contributed by atoms with Crippen molar-refractivity contribution >= 4 is 11.6 Å². The highest BCUT2D eigenvalue weighted by Crippen LogP contribution is 2.19. The molecule has 0 radical (unpaired) electrons. The van der Waals surface area contributed by atoms with Crippen LogP contribution in [0.5, 0.6) is 0 Å². The maximum Gasteiger partial charge on any atom is 0.147 e. The summed E-state index contributed by atoms with van der Waals surface area (Å²) in [6.45, 7) is 3.11. The number of rotatable bonds is 4. The minimum atomic E-state index is -0.362. The second-order valence-electron chi connectivity index (χ2n) is 4.42. The predicted octanol–water partition coefficient (Wildman–Crippen LogP) is 3.00. The molecule has 1 aromatic carbocycles. The first-order valence-corrected chi connectivity index (χ1v) is 6.36. The summed E-state index contributed by atoms with van der Waals surface area (Å²) in [5.41, 5.74) is 0.534. The predicted molar refractivity (Wildman–Crippen MR) is 66.7 cm³/mol. The molecule has 0 saturated carbocycles. The zero-order valence-corrected chi connectivity index (χ0v) is 10.5. The van der Waals surface area contributed by atoms with Crippen LogP contribution in [0.1, 0.15) is 18.4 Å². The molecule has 0 atom stereocenters. The summed E-state index contributed by atoms with van der Waals surface area (Å²) in [7, 11) is 0. The standard InChI is InChI=1S/C13H17ClFNO/c14-12-3-1-2-11(13(12)15)9-17-8-10-4-6-16-7-5-10/h1-3,10,16H,4-9H2. The molecule has 94 valence electrons. The first-order chi connectivity index (χ1) is 8.27. The minimum Gasteiger partial charge on any atom is -0.376 e. The quantitative estimate of drug-likeness (QED) is 0.895. The first kappa shape index (κ1) is 12.8. The SMILES string of the molecule is Fc1c(Cl)cccc1COCC1CCNCC1. The topological polar surface area (TPSA) is 21.3 Å². The molecule has 1 heterocycles. The Morgan fingerprint density at radius 1 is 1.35 bits per heavy atom. The van der Waals surface area contributed by atoms with Crippen molar-refractivity contribution in [2.45, 2.75) is 19.4 Å². The lowest BCUT2D eigenvalue weighted by Crippen LogP contribution is -2.29. The number of benzene rings is 1. The molecule has 1 saturated heterocycles. The van der Waals surface area contributed by atoms with Gasteiger partial charge >= 0.3 is 0 Å². The van der Waals surface area contributed by atoms with Crippen molar-refractivity contribution in [2.75, 3.05) is 19.7 Å². The van der Waals surface area contributed by atoms with Gasteiger partial charge in [0.25, 0.3) is 0 Å². The second-order valence-corrected chi connectivity index (χ2v) is 4.83. The number of hydrogen-bond donors (Lipinski definition) is 1. The Balaban J connectivity index is 1.79. The van der Waals surface area contributed by atoms with Gasteiger partial charge in [-0.1, -0.05) is 23.7 Å². The van der Waals surface area contributed by atoms with E-state index in [9.17, 15) is 4.39 Å². The third kappa shape index (κ3) is 3.66. The van der Waals surface area contributed by atoms with Gasteiger partial charge in [0, 0.05) is 12.2 Å². The highest BCUT2D eigenvalue weighted by atomic mass is 35.5. The van der Waals surface area contributed by atoms with Gasteiger partial charge in [-0.05, 0) is 37.9 Å². The summed E-state index contributed by atoms with van der Waals surface area (Å²) in [5, 5.41) is 3.47. The summed E-state index contributed by atoms with van der Waals surface area (Å²) in [6, 6.07) is 5.01. The van der Waals surface area contributed by atoms with E-state index >= 15 is 0 Å². The van der Waals surface area contributed by atoms with Crippen molar-refractivity contribution < 1.29 is 9.13 Å². The van der Waals surface area contributed by atoms with E-state index in [0.29, 0.717) is 24.7 Å². The lowest BCUT2D eigenvalue weighted by atomic mass is 9.99. The van der Waals surface area contributed by atoms with Crippen LogP contribution in [-0.2, 0) is 11.3 Å². The summed E-state index contributed by atoms with van der Waals surface area (Å²) >= 11 is 5.70. The van der Waals surface area contributed by atoms with Gasteiger partial charge in [0.05, 0.1) is 11.6 Å². The number of piperidine rings is 1. The Bertz CT molecular complexity index is 366. The van der Waals surface area contributed by atoms with Crippen LogP contribution in [0.15, 0.2) is 18.2 Å². The Morgan fingerprint density at radius 2 is 2.12 bits per heavy atom. The summed E-state index contributed by atoms with van der Waals surface area (Å²) in [6.07, 6.45) is 2.27. The van der Waals surface area contributed by atoms with Gasteiger partial charge < -0.3 is 10.1 Å². The van der Waals surface area contributed by atoms with Gasteiger partial charge in [0.15, 0.2) is 0 Å². The maximum absolute atomic E-state index is 13.5. The molecule has 1 aliphatic heterocycles. The van der Waals surface area contributed by atoms with Gasteiger partial charge in [-0.2, -0.15) is 0 Å². The number of ether oxygens (including phenoxy) is 1. The molecular formula is C13H17ClFNO.